The first-order chi connectivity index (χ1) is 10.3. The van der Waals surface area contributed by atoms with E-state index in [4.69, 9.17) is 16.3 Å². The van der Waals surface area contributed by atoms with Crippen LogP contribution in [-0.4, -0.2) is 24.4 Å². The van der Waals surface area contributed by atoms with E-state index >= 15 is 0 Å². The van der Waals surface area contributed by atoms with Gasteiger partial charge in [-0.15, -0.1) is 0 Å². The van der Waals surface area contributed by atoms with Crippen molar-refractivity contribution in [3.8, 4) is 5.75 Å². The molecule has 0 unspecified atom stereocenters. The zero-order valence-corrected chi connectivity index (χ0v) is 13.0. The van der Waals surface area contributed by atoms with Crippen molar-refractivity contribution in [2.75, 3.05) is 6.61 Å². The molecule has 120 valence electrons. The fourth-order valence-electron chi connectivity index (χ4n) is 1.59. The lowest BCUT2D eigenvalue weighted by molar-refractivity contribution is -0.305. The van der Waals surface area contributed by atoms with Gasteiger partial charge in [-0.05, 0) is 43.5 Å². The Morgan fingerprint density at radius 1 is 1.09 bits per heavy atom. The molecule has 0 spiro atoms. The smallest absolute Gasteiger partial charge is 0.276 e. The Balaban J connectivity index is 2.37. The Kier molecular flexibility index (Phi) is 6.65. The maximum Gasteiger partial charge on any atom is 0.276 e. The van der Waals surface area contributed by atoms with Crippen molar-refractivity contribution in [3.05, 3.63) is 28.3 Å². The summed E-state index contributed by atoms with van der Waals surface area (Å²) >= 11 is 6.02. The number of nitrogens with one attached hydrogen (secondary N) is 2. The average molecular weight is 328 g/mol. The van der Waals surface area contributed by atoms with Crippen LogP contribution in [0.5, 0.6) is 5.75 Å². The number of hydrogen-bond donors (Lipinski definition) is 2. The van der Waals surface area contributed by atoms with Crippen LogP contribution in [0.1, 0.15) is 24.0 Å². The largest absolute Gasteiger partial charge is 0.550 e. The van der Waals surface area contributed by atoms with Gasteiger partial charge in [-0.3, -0.25) is 20.4 Å². The molecule has 0 aliphatic carbocycles. The van der Waals surface area contributed by atoms with Gasteiger partial charge >= 0.3 is 0 Å². The van der Waals surface area contributed by atoms with Crippen LogP contribution in [0.2, 0.25) is 5.02 Å². The Bertz CT molecular complexity index is 566. The number of halogens is 1. The summed E-state index contributed by atoms with van der Waals surface area (Å²) < 4.78 is 5.29. The molecule has 0 heterocycles. The zero-order chi connectivity index (χ0) is 16.7. The number of carbonyl (C=O) groups excluding carboxylic acids is 3. The third-order valence-corrected chi connectivity index (χ3v) is 3.27. The number of hydrogen-bond acceptors (Lipinski definition) is 5. The van der Waals surface area contributed by atoms with Crippen molar-refractivity contribution in [2.45, 2.75) is 26.7 Å². The molecule has 0 atom stereocenters. The molecular formula is C14H16ClN2O5-. The quantitative estimate of drug-likeness (QED) is 0.716. The van der Waals surface area contributed by atoms with Gasteiger partial charge in [0.2, 0.25) is 5.91 Å². The molecule has 7 nitrogen and oxygen atoms in total. The highest BCUT2D eigenvalue weighted by Crippen LogP contribution is 2.25. The van der Waals surface area contributed by atoms with E-state index in [1.165, 1.54) is 0 Å². The van der Waals surface area contributed by atoms with Gasteiger partial charge in [-0.2, -0.15) is 0 Å². The fraction of sp³-hybridized carbons (Fsp3) is 0.357. The number of rotatable bonds is 6. The number of benzene rings is 1. The topological polar surface area (TPSA) is 108 Å². The van der Waals surface area contributed by atoms with Crippen LogP contribution >= 0.6 is 11.6 Å². The number of hydrazine groups is 1. The Labute approximate surface area is 132 Å². The molecule has 0 saturated heterocycles. The van der Waals surface area contributed by atoms with Crippen LogP contribution in [0.25, 0.3) is 0 Å². The van der Waals surface area contributed by atoms with Crippen LogP contribution in [0.4, 0.5) is 0 Å². The van der Waals surface area contributed by atoms with Gasteiger partial charge in [0.1, 0.15) is 5.75 Å². The van der Waals surface area contributed by atoms with Gasteiger partial charge in [-0.25, -0.2) is 0 Å². The highest BCUT2D eigenvalue weighted by atomic mass is 35.5. The first-order valence-corrected chi connectivity index (χ1v) is 6.84. The number of carboxylic acid groups (broad SMARTS) is 1. The maximum atomic E-state index is 11.5. The third-order valence-electron chi connectivity index (χ3n) is 2.68. The van der Waals surface area contributed by atoms with Gasteiger partial charge in [0.15, 0.2) is 6.61 Å². The van der Waals surface area contributed by atoms with Gasteiger partial charge in [0.05, 0.1) is 0 Å². The lowest BCUT2D eigenvalue weighted by Crippen LogP contribution is -2.44. The monoisotopic (exact) mass is 327 g/mol. The molecule has 1 aromatic carbocycles. The average Bonchev–Trinajstić information content (AvgIpc) is 2.46. The second kappa shape index (κ2) is 8.23. The van der Waals surface area contributed by atoms with Gasteiger partial charge in [-0.1, -0.05) is 11.6 Å². The Morgan fingerprint density at radius 3 is 2.18 bits per heavy atom. The van der Waals surface area contributed by atoms with E-state index in [1.807, 2.05) is 13.8 Å². The van der Waals surface area contributed by atoms with Crippen molar-refractivity contribution in [2.24, 2.45) is 0 Å². The number of amides is 2. The summed E-state index contributed by atoms with van der Waals surface area (Å²) in [4.78, 5) is 32.8. The number of ether oxygens (including phenoxy) is 1. The summed E-state index contributed by atoms with van der Waals surface area (Å²) in [7, 11) is 0. The third kappa shape index (κ3) is 6.01. The number of carbonyl (C=O) groups is 3. The first-order valence-electron chi connectivity index (χ1n) is 6.46. The molecule has 8 heteroatoms. The standard InChI is InChI=1S/C14H17ClN2O5/c1-8-5-10(6-9(2)14(8)15)22-7-12(19)17-16-11(18)3-4-13(20)21/h5-6H,3-4,7H2,1-2H3,(H,16,18)(H,17,19)(H,20,21)/p-1. The molecule has 0 aliphatic heterocycles. The predicted molar refractivity (Wildman–Crippen MR) is 76.9 cm³/mol. The molecule has 0 radical (unpaired) electrons. The molecule has 1 aromatic rings. The Hall–Kier alpha value is -2.28. The zero-order valence-electron chi connectivity index (χ0n) is 12.2. The molecular weight excluding hydrogens is 312 g/mol. The minimum Gasteiger partial charge on any atom is -0.550 e. The van der Waals surface area contributed by atoms with E-state index in [0.29, 0.717) is 10.8 Å². The van der Waals surface area contributed by atoms with E-state index in [-0.39, 0.29) is 13.0 Å². The molecule has 0 bridgehead atoms. The minimum atomic E-state index is -1.33. The predicted octanol–water partition coefficient (Wildman–Crippen LogP) is 0.0131. The second-order valence-electron chi connectivity index (χ2n) is 4.63. The molecule has 0 aliphatic rings. The summed E-state index contributed by atoms with van der Waals surface area (Å²) in [6.07, 6.45) is -0.694. The highest BCUT2D eigenvalue weighted by molar-refractivity contribution is 6.32. The van der Waals surface area contributed by atoms with E-state index in [0.717, 1.165) is 11.1 Å². The molecule has 0 aromatic heterocycles. The second-order valence-corrected chi connectivity index (χ2v) is 5.01. The number of carboxylic acids is 1. The normalized spacial score (nSPS) is 9.95. The fourth-order valence-corrected chi connectivity index (χ4v) is 1.70. The molecule has 1 rings (SSSR count). The van der Waals surface area contributed by atoms with Crippen LogP contribution in [-0.2, 0) is 14.4 Å². The summed E-state index contributed by atoms with van der Waals surface area (Å²) in [5, 5.41) is 10.8. The lowest BCUT2D eigenvalue weighted by atomic mass is 10.1. The molecule has 2 amide bonds. The van der Waals surface area contributed by atoms with Gasteiger partial charge < -0.3 is 14.6 Å². The summed E-state index contributed by atoms with van der Waals surface area (Å²) in [5.74, 6) is -2.06. The summed E-state index contributed by atoms with van der Waals surface area (Å²) in [6.45, 7) is 3.33. The van der Waals surface area contributed by atoms with E-state index in [2.05, 4.69) is 10.9 Å². The van der Waals surface area contributed by atoms with E-state index in [9.17, 15) is 19.5 Å². The first kappa shape index (κ1) is 17.8. The van der Waals surface area contributed by atoms with E-state index < -0.39 is 24.2 Å². The van der Waals surface area contributed by atoms with Crippen molar-refractivity contribution < 1.29 is 24.2 Å². The summed E-state index contributed by atoms with van der Waals surface area (Å²) in [5.41, 5.74) is 5.84. The van der Waals surface area contributed by atoms with Crippen LogP contribution < -0.4 is 20.7 Å². The number of aryl methyl sites for hydroxylation is 2. The molecule has 2 N–H and O–H groups in total. The number of aliphatic carboxylic acids is 1. The van der Waals surface area contributed by atoms with Gasteiger partial charge in [0, 0.05) is 17.4 Å². The van der Waals surface area contributed by atoms with Crippen LogP contribution in [0, 0.1) is 13.8 Å². The van der Waals surface area contributed by atoms with Crippen molar-refractivity contribution >= 4 is 29.4 Å². The van der Waals surface area contributed by atoms with Gasteiger partial charge in [0.25, 0.3) is 5.91 Å². The van der Waals surface area contributed by atoms with Crippen LogP contribution in [0.15, 0.2) is 12.1 Å². The minimum absolute atomic E-state index is 0.279. The van der Waals surface area contributed by atoms with Crippen molar-refractivity contribution in [1.82, 2.24) is 10.9 Å². The van der Waals surface area contributed by atoms with Crippen molar-refractivity contribution in [3.63, 3.8) is 0 Å². The van der Waals surface area contributed by atoms with E-state index in [1.54, 1.807) is 12.1 Å². The molecule has 22 heavy (non-hydrogen) atoms. The SMILES string of the molecule is Cc1cc(OCC(=O)NNC(=O)CCC(=O)[O-])cc(C)c1Cl. The molecule has 0 saturated carbocycles. The Morgan fingerprint density at radius 2 is 1.64 bits per heavy atom. The summed E-state index contributed by atoms with van der Waals surface area (Å²) in [6, 6.07) is 3.39. The highest BCUT2D eigenvalue weighted by Gasteiger charge is 2.08. The van der Waals surface area contributed by atoms with Crippen molar-refractivity contribution in [1.29, 1.82) is 0 Å². The van der Waals surface area contributed by atoms with Crippen LogP contribution in [0.3, 0.4) is 0 Å². The molecule has 0 fully saturated rings. The maximum absolute atomic E-state index is 11.5. The lowest BCUT2D eigenvalue weighted by Gasteiger charge is -2.11.